The number of aromatic nitrogens is 2. The zero-order chi connectivity index (χ0) is 21.9. The monoisotopic (exact) mass is 437 g/mol. The molecule has 0 atom stereocenters. The van der Waals surface area contributed by atoms with Crippen molar-refractivity contribution < 1.29 is 22.3 Å². The van der Waals surface area contributed by atoms with Crippen LogP contribution in [0.5, 0.6) is 5.75 Å². The van der Waals surface area contributed by atoms with E-state index in [1.165, 1.54) is 29.7 Å². The number of nitrogen functional groups attached to an aromatic ring is 1. The number of halogens is 1. The summed E-state index contributed by atoms with van der Waals surface area (Å²) in [4.78, 5) is 21.1. The topological polar surface area (TPSA) is 128 Å². The van der Waals surface area contributed by atoms with Crippen molar-refractivity contribution >= 4 is 27.6 Å². The fourth-order valence-corrected chi connectivity index (χ4v) is 4.64. The number of hydrogen-bond acceptors (Lipinski definition) is 8. The minimum atomic E-state index is -3.66. The highest BCUT2D eigenvalue weighted by Gasteiger charge is 2.33. The molecular weight excluding hydrogens is 413 g/mol. The molecular formula is C19H24FN5O4S. The lowest BCUT2D eigenvalue weighted by atomic mass is 10.0. The number of carbonyl (C=O) groups excluding carboxylic acids is 1. The number of carbonyl (C=O) groups is 1. The Balaban J connectivity index is 2.01. The summed E-state index contributed by atoms with van der Waals surface area (Å²) in [5, 5.41) is 3.19. The molecule has 0 amide bonds. The van der Waals surface area contributed by atoms with E-state index in [-0.39, 0.29) is 40.4 Å². The molecule has 0 unspecified atom stereocenters. The second-order valence-electron chi connectivity index (χ2n) is 6.82. The van der Waals surface area contributed by atoms with Crippen LogP contribution in [-0.4, -0.2) is 56.2 Å². The highest BCUT2D eigenvalue weighted by Crippen LogP contribution is 2.27. The van der Waals surface area contributed by atoms with Crippen LogP contribution < -0.4 is 20.1 Å². The number of nitrogens with zero attached hydrogens (tertiary/aromatic N) is 3. The molecule has 3 rings (SSSR count). The lowest BCUT2D eigenvalue weighted by Gasteiger charge is -2.33. The number of sulfonamides is 1. The maximum absolute atomic E-state index is 13.7. The maximum atomic E-state index is 13.7. The molecule has 0 spiro atoms. The number of methoxy groups -OCH3 is 1. The van der Waals surface area contributed by atoms with Crippen molar-refractivity contribution in [2.75, 3.05) is 36.0 Å². The number of piperidine rings is 1. The van der Waals surface area contributed by atoms with E-state index < -0.39 is 21.6 Å². The second-order valence-corrected chi connectivity index (χ2v) is 8.95. The molecule has 0 bridgehead atoms. The van der Waals surface area contributed by atoms with Crippen molar-refractivity contribution in [3.05, 3.63) is 41.3 Å². The van der Waals surface area contributed by atoms with Gasteiger partial charge in [-0.1, -0.05) is 0 Å². The Bertz CT molecular complexity index is 1040. The Morgan fingerprint density at radius 1 is 1.33 bits per heavy atom. The van der Waals surface area contributed by atoms with Crippen LogP contribution in [0.3, 0.4) is 0 Å². The highest BCUT2D eigenvalue weighted by atomic mass is 32.2. The number of rotatable bonds is 7. The van der Waals surface area contributed by atoms with E-state index in [0.717, 1.165) is 6.07 Å². The summed E-state index contributed by atoms with van der Waals surface area (Å²) in [6.07, 6.45) is 2.37. The Labute approximate surface area is 174 Å². The van der Waals surface area contributed by atoms with Gasteiger partial charge in [-0.2, -0.15) is 4.98 Å². The maximum Gasteiger partial charge on any atom is 0.241 e. The molecule has 30 heavy (non-hydrogen) atoms. The Kier molecular flexibility index (Phi) is 6.52. The van der Waals surface area contributed by atoms with Gasteiger partial charge in [0.15, 0.2) is 0 Å². The summed E-state index contributed by atoms with van der Waals surface area (Å²) in [6, 6.07) is 3.24. The van der Waals surface area contributed by atoms with Gasteiger partial charge in [-0.3, -0.25) is 4.79 Å². The summed E-state index contributed by atoms with van der Waals surface area (Å²) < 4.78 is 45.4. The van der Waals surface area contributed by atoms with Crippen LogP contribution in [0.1, 0.15) is 35.7 Å². The van der Waals surface area contributed by atoms with Gasteiger partial charge >= 0.3 is 0 Å². The number of nitrogens with two attached hydrogens (primary N) is 1. The predicted molar refractivity (Wildman–Crippen MR) is 111 cm³/mol. The van der Waals surface area contributed by atoms with E-state index in [9.17, 15) is 17.6 Å². The molecule has 1 aliphatic heterocycles. The van der Waals surface area contributed by atoms with E-state index in [1.54, 1.807) is 6.92 Å². The molecule has 0 radical (unpaired) electrons. The molecule has 9 nitrogen and oxygen atoms in total. The molecule has 3 N–H and O–H groups in total. The normalized spacial score (nSPS) is 15.0. The fourth-order valence-electron chi connectivity index (χ4n) is 3.36. The smallest absolute Gasteiger partial charge is 0.241 e. The molecule has 11 heteroatoms. The third-order valence-corrected chi connectivity index (χ3v) is 6.75. The molecule has 0 saturated carbocycles. The molecule has 1 saturated heterocycles. The first-order valence-electron chi connectivity index (χ1n) is 9.52. The van der Waals surface area contributed by atoms with Gasteiger partial charge in [0.05, 0.1) is 30.0 Å². The van der Waals surface area contributed by atoms with Crippen molar-refractivity contribution in [3.63, 3.8) is 0 Å². The van der Waals surface area contributed by atoms with Crippen molar-refractivity contribution in [1.82, 2.24) is 15.3 Å². The summed E-state index contributed by atoms with van der Waals surface area (Å²) in [5.74, 6) is -1.45. The van der Waals surface area contributed by atoms with E-state index in [2.05, 4.69) is 15.3 Å². The van der Waals surface area contributed by atoms with Gasteiger partial charge in [-0.05, 0) is 51.1 Å². The van der Waals surface area contributed by atoms with Gasteiger partial charge in [0.1, 0.15) is 17.4 Å². The van der Waals surface area contributed by atoms with Crippen molar-refractivity contribution in [3.8, 4) is 5.75 Å². The average Bonchev–Trinajstić information content (AvgIpc) is 2.74. The number of benzene rings is 1. The van der Waals surface area contributed by atoms with Gasteiger partial charge in [-0.25, -0.2) is 22.1 Å². The average molecular weight is 437 g/mol. The van der Waals surface area contributed by atoms with Crippen molar-refractivity contribution in [2.45, 2.75) is 25.8 Å². The Morgan fingerprint density at radius 2 is 2.03 bits per heavy atom. The van der Waals surface area contributed by atoms with E-state index in [4.69, 9.17) is 10.5 Å². The first-order valence-corrected chi connectivity index (χ1v) is 11.1. The standard InChI is InChI=1S/C19H24FN5O4S/c1-3-30(27,28)25(13-6-8-22-9-7-13)19-23-11-15(18(21)24-19)17(26)14-10-12(20)4-5-16(14)29-2/h4-5,10-11,13,22H,3,6-9H2,1-2H3,(H2,21,23,24). The first-order chi connectivity index (χ1) is 14.3. The van der Waals surface area contributed by atoms with E-state index in [1.807, 2.05) is 0 Å². The third-order valence-electron chi connectivity index (χ3n) is 4.96. The van der Waals surface area contributed by atoms with Crippen molar-refractivity contribution in [1.29, 1.82) is 0 Å². The number of hydrogen-bond donors (Lipinski definition) is 2. The Hall–Kier alpha value is -2.79. The van der Waals surface area contributed by atoms with Gasteiger partial charge < -0.3 is 15.8 Å². The summed E-state index contributed by atoms with van der Waals surface area (Å²) in [6.45, 7) is 2.89. The van der Waals surface area contributed by atoms with Crippen LogP contribution >= 0.6 is 0 Å². The number of nitrogens with one attached hydrogen (secondary N) is 1. The summed E-state index contributed by atoms with van der Waals surface area (Å²) in [5.41, 5.74) is 5.90. The van der Waals surface area contributed by atoms with Gasteiger partial charge in [0, 0.05) is 6.20 Å². The van der Waals surface area contributed by atoms with Crippen LogP contribution in [0.2, 0.25) is 0 Å². The summed E-state index contributed by atoms with van der Waals surface area (Å²) in [7, 11) is -2.30. The highest BCUT2D eigenvalue weighted by molar-refractivity contribution is 7.92. The van der Waals surface area contributed by atoms with Crippen LogP contribution in [0.4, 0.5) is 16.2 Å². The van der Waals surface area contributed by atoms with E-state index in [0.29, 0.717) is 25.9 Å². The third kappa shape index (κ3) is 4.36. The SMILES string of the molecule is CCS(=O)(=O)N(c1ncc(C(=O)c2cc(F)ccc2OC)c(N)n1)C1CCNCC1. The van der Waals surface area contributed by atoms with Gasteiger partial charge in [0.25, 0.3) is 0 Å². The quantitative estimate of drug-likeness (QED) is 0.622. The lowest BCUT2D eigenvalue weighted by Crippen LogP contribution is -2.47. The zero-order valence-electron chi connectivity index (χ0n) is 16.8. The second kappa shape index (κ2) is 8.92. The molecule has 2 heterocycles. The number of ketones is 1. The predicted octanol–water partition coefficient (Wildman–Crippen LogP) is 1.35. The molecule has 2 aromatic rings. The number of anilines is 2. The van der Waals surface area contributed by atoms with Crippen LogP contribution in [0.15, 0.2) is 24.4 Å². The molecule has 1 aliphatic rings. The first kappa shape index (κ1) is 21.9. The van der Waals surface area contributed by atoms with Gasteiger partial charge in [0.2, 0.25) is 21.8 Å². The fraction of sp³-hybridized carbons (Fsp3) is 0.421. The van der Waals surface area contributed by atoms with Crippen LogP contribution in [0.25, 0.3) is 0 Å². The minimum Gasteiger partial charge on any atom is -0.496 e. The van der Waals surface area contributed by atoms with Crippen LogP contribution in [-0.2, 0) is 10.0 Å². The van der Waals surface area contributed by atoms with E-state index >= 15 is 0 Å². The minimum absolute atomic E-state index is 0.0306. The summed E-state index contributed by atoms with van der Waals surface area (Å²) >= 11 is 0. The molecule has 1 aromatic carbocycles. The molecule has 1 fully saturated rings. The molecule has 0 aliphatic carbocycles. The zero-order valence-corrected chi connectivity index (χ0v) is 17.6. The van der Waals surface area contributed by atoms with Crippen LogP contribution in [0, 0.1) is 5.82 Å². The molecule has 162 valence electrons. The largest absolute Gasteiger partial charge is 0.496 e. The number of ether oxygens (including phenoxy) is 1. The van der Waals surface area contributed by atoms with Gasteiger partial charge in [-0.15, -0.1) is 0 Å². The van der Waals surface area contributed by atoms with Crippen molar-refractivity contribution in [2.24, 2.45) is 0 Å². The Morgan fingerprint density at radius 3 is 2.63 bits per heavy atom. The molecule has 1 aromatic heterocycles. The lowest BCUT2D eigenvalue weighted by molar-refractivity contribution is 0.103.